The fraction of sp³-hybridized carbons (Fsp3) is 0.400. The summed E-state index contributed by atoms with van der Waals surface area (Å²) in [5.74, 6) is -1.21. The van der Waals surface area contributed by atoms with Gasteiger partial charge in [-0.05, 0) is 31.6 Å². The van der Waals surface area contributed by atoms with E-state index in [1.807, 2.05) is 0 Å². The van der Waals surface area contributed by atoms with Crippen LogP contribution < -0.4 is 5.32 Å². The third-order valence-corrected chi connectivity index (χ3v) is 5.25. The number of rotatable bonds is 9. The molecule has 1 N–H and O–H groups in total. The molecule has 0 atom stereocenters. The molecule has 0 spiro atoms. The molecule has 0 saturated carbocycles. The minimum atomic E-state index is -3.25. The van der Waals surface area contributed by atoms with Gasteiger partial charge in [0.2, 0.25) is 15.9 Å². The highest BCUT2D eigenvalue weighted by molar-refractivity contribution is 7.89. The van der Waals surface area contributed by atoms with Crippen LogP contribution in [-0.4, -0.2) is 49.4 Å². The molecule has 0 heterocycles. The summed E-state index contributed by atoms with van der Waals surface area (Å²) >= 11 is 0. The van der Waals surface area contributed by atoms with E-state index in [2.05, 4.69) is 5.32 Å². The van der Waals surface area contributed by atoms with Crippen molar-refractivity contribution in [2.75, 3.05) is 25.9 Å². The molecule has 0 fully saturated rings. The summed E-state index contributed by atoms with van der Waals surface area (Å²) in [6, 6.07) is 3.05. The Morgan fingerprint density at radius 1 is 1.44 bits per heavy atom. The lowest BCUT2D eigenvalue weighted by Gasteiger charge is -2.15. The van der Waals surface area contributed by atoms with Crippen molar-refractivity contribution in [1.82, 2.24) is 9.62 Å². The predicted octanol–water partition coefficient (Wildman–Crippen LogP) is 1.53. The molecular formula is C15H20FN3O5S. The average Bonchev–Trinajstić information content (AvgIpc) is 2.57. The lowest BCUT2D eigenvalue weighted by atomic mass is 10.1. The Morgan fingerprint density at radius 2 is 2.12 bits per heavy atom. The van der Waals surface area contributed by atoms with Gasteiger partial charge in [-0.15, -0.1) is 0 Å². The van der Waals surface area contributed by atoms with Crippen LogP contribution in [0.15, 0.2) is 24.3 Å². The van der Waals surface area contributed by atoms with E-state index in [0.29, 0.717) is 6.42 Å². The van der Waals surface area contributed by atoms with Gasteiger partial charge in [0.05, 0.1) is 22.3 Å². The molecule has 0 aliphatic carbocycles. The minimum absolute atomic E-state index is 0.00897. The van der Waals surface area contributed by atoms with Gasteiger partial charge in [-0.25, -0.2) is 17.1 Å². The topological polar surface area (TPSA) is 110 Å². The van der Waals surface area contributed by atoms with Gasteiger partial charge in [0.25, 0.3) is 5.69 Å². The zero-order valence-corrected chi connectivity index (χ0v) is 14.8. The minimum Gasteiger partial charge on any atom is -0.353 e. The number of hydrogen-bond donors (Lipinski definition) is 1. The quantitative estimate of drug-likeness (QED) is 0.306. The van der Waals surface area contributed by atoms with Gasteiger partial charge in [0, 0.05) is 26.2 Å². The number of nitrogens with zero attached hydrogens (tertiary/aromatic N) is 2. The molecule has 1 rings (SSSR count). The van der Waals surface area contributed by atoms with Gasteiger partial charge in [-0.2, -0.15) is 0 Å². The predicted molar refractivity (Wildman–Crippen MR) is 91.8 cm³/mol. The van der Waals surface area contributed by atoms with E-state index in [1.54, 1.807) is 6.92 Å². The highest BCUT2D eigenvalue weighted by Crippen LogP contribution is 2.20. The number of benzene rings is 1. The van der Waals surface area contributed by atoms with Crippen molar-refractivity contribution < 1.29 is 22.5 Å². The van der Waals surface area contributed by atoms with Crippen LogP contribution >= 0.6 is 0 Å². The van der Waals surface area contributed by atoms with Crippen LogP contribution in [0, 0.1) is 15.9 Å². The lowest BCUT2D eigenvalue weighted by Crippen LogP contribution is -2.32. The van der Waals surface area contributed by atoms with E-state index < -0.39 is 32.4 Å². The third kappa shape index (κ3) is 6.59. The summed E-state index contributed by atoms with van der Waals surface area (Å²) in [6.07, 6.45) is 2.75. The Bertz CT molecular complexity index is 764. The maximum Gasteiger partial charge on any atom is 0.279 e. The second-order valence-electron chi connectivity index (χ2n) is 5.16. The van der Waals surface area contributed by atoms with Crippen LogP contribution in [-0.2, 0) is 14.8 Å². The summed E-state index contributed by atoms with van der Waals surface area (Å²) in [4.78, 5) is 21.8. The Morgan fingerprint density at radius 3 is 2.72 bits per heavy atom. The van der Waals surface area contributed by atoms with Crippen molar-refractivity contribution in [2.45, 2.75) is 13.3 Å². The number of carbonyl (C=O) groups excluding carboxylic acids is 1. The monoisotopic (exact) mass is 373 g/mol. The van der Waals surface area contributed by atoms with Crippen LogP contribution in [0.5, 0.6) is 0 Å². The standard InChI is InChI=1S/C15H20FN3O5S/c1-3-25(23,24)18(2)10-4-9-17-15(20)8-6-12-5-7-13(16)11-14(12)19(21)22/h5-8,11H,3-4,9-10H2,1-2H3,(H,17,20). The van der Waals surface area contributed by atoms with Crippen LogP contribution in [0.25, 0.3) is 6.08 Å². The summed E-state index contributed by atoms with van der Waals surface area (Å²) in [7, 11) is -1.78. The van der Waals surface area contributed by atoms with Crippen molar-refractivity contribution in [3.05, 3.63) is 45.8 Å². The molecule has 1 aromatic carbocycles. The van der Waals surface area contributed by atoms with Crippen molar-refractivity contribution in [3.63, 3.8) is 0 Å². The summed E-state index contributed by atoms with van der Waals surface area (Å²) in [5.41, 5.74) is -0.328. The highest BCUT2D eigenvalue weighted by atomic mass is 32.2. The van der Waals surface area contributed by atoms with Crippen molar-refractivity contribution in [1.29, 1.82) is 0 Å². The van der Waals surface area contributed by atoms with Crippen molar-refractivity contribution >= 4 is 27.7 Å². The number of nitro groups is 1. The number of carbonyl (C=O) groups is 1. The van der Waals surface area contributed by atoms with E-state index in [9.17, 15) is 27.7 Å². The molecular weight excluding hydrogens is 353 g/mol. The first-order valence-electron chi connectivity index (χ1n) is 7.51. The lowest BCUT2D eigenvalue weighted by molar-refractivity contribution is -0.385. The van der Waals surface area contributed by atoms with Gasteiger partial charge in [-0.1, -0.05) is 0 Å². The number of halogens is 1. The molecule has 0 aliphatic rings. The van der Waals surface area contributed by atoms with E-state index in [-0.39, 0.29) is 24.4 Å². The fourth-order valence-corrected chi connectivity index (χ4v) is 2.76. The number of amides is 1. The third-order valence-electron chi connectivity index (χ3n) is 3.39. The van der Waals surface area contributed by atoms with E-state index in [4.69, 9.17) is 0 Å². The van der Waals surface area contributed by atoms with Crippen LogP contribution in [0.1, 0.15) is 18.9 Å². The van der Waals surface area contributed by atoms with Gasteiger partial charge >= 0.3 is 0 Å². The molecule has 1 amide bonds. The Balaban J connectivity index is 2.53. The van der Waals surface area contributed by atoms with Crippen molar-refractivity contribution in [3.8, 4) is 0 Å². The number of nitro benzene ring substituents is 1. The Kier molecular flexibility index (Phi) is 7.65. The largest absolute Gasteiger partial charge is 0.353 e. The molecule has 0 aliphatic heterocycles. The van der Waals surface area contributed by atoms with E-state index >= 15 is 0 Å². The number of hydrogen-bond acceptors (Lipinski definition) is 5. The maximum atomic E-state index is 13.0. The first kappa shape index (κ1) is 20.7. The summed E-state index contributed by atoms with van der Waals surface area (Å²) in [6.45, 7) is 2.06. The molecule has 0 radical (unpaired) electrons. The molecule has 8 nitrogen and oxygen atoms in total. The molecule has 0 unspecified atom stereocenters. The Hall–Kier alpha value is -2.33. The van der Waals surface area contributed by atoms with Crippen LogP contribution in [0.4, 0.5) is 10.1 Å². The molecule has 138 valence electrons. The normalized spacial score (nSPS) is 11.8. The summed E-state index contributed by atoms with van der Waals surface area (Å²) in [5, 5.41) is 13.4. The van der Waals surface area contributed by atoms with Gasteiger partial charge in [0.1, 0.15) is 5.82 Å². The summed E-state index contributed by atoms with van der Waals surface area (Å²) < 4.78 is 37.3. The first-order chi connectivity index (χ1) is 11.7. The van der Waals surface area contributed by atoms with Gasteiger partial charge in [0.15, 0.2) is 0 Å². The highest BCUT2D eigenvalue weighted by Gasteiger charge is 2.14. The number of nitrogens with one attached hydrogen (secondary N) is 1. The van der Waals surface area contributed by atoms with Gasteiger partial charge < -0.3 is 5.32 Å². The zero-order chi connectivity index (χ0) is 19.0. The molecule has 0 aromatic heterocycles. The molecule has 25 heavy (non-hydrogen) atoms. The number of sulfonamides is 1. The Labute approximate surface area is 145 Å². The first-order valence-corrected chi connectivity index (χ1v) is 9.12. The van der Waals surface area contributed by atoms with Crippen LogP contribution in [0.2, 0.25) is 0 Å². The smallest absolute Gasteiger partial charge is 0.279 e. The second kappa shape index (κ2) is 9.23. The molecule has 0 bridgehead atoms. The SMILES string of the molecule is CCS(=O)(=O)N(C)CCCNC(=O)C=Cc1ccc(F)cc1[N+](=O)[O-]. The van der Waals surface area contributed by atoms with E-state index in [0.717, 1.165) is 18.2 Å². The van der Waals surface area contributed by atoms with Crippen LogP contribution in [0.3, 0.4) is 0 Å². The molecule has 0 saturated heterocycles. The molecule has 1 aromatic rings. The van der Waals surface area contributed by atoms with E-state index in [1.165, 1.54) is 23.5 Å². The molecule has 10 heteroatoms. The fourth-order valence-electron chi connectivity index (χ4n) is 1.91. The average molecular weight is 373 g/mol. The maximum absolute atomic E-state index is 13.0. The van der Waals surface area contributed by atoms with Gasteiger partial charge in [-0.3, -0.25) is 14.9 Å². The second-order valence-corrected chi connectivity index (χ2v) is 7.52. The zero-order valence-electron chi connectivity index (χ0n) is 13.9. The van der Waals surface area contributed by atoms with Crippen molar-refractivity contribution in [2.24, 2.45) is 0 Å².